The van der Waals surface area contributed by atoms with Crippen LogP contribution in [0.15, 0.2) is 51.7 Å². The van der Waals surface area contributed by atoms with Gasteiger partial charge in [-0.05, 0) is 36.8 Å². The molecule has 0 aliphatic heterocycles. The molecule has 1 heterocycles. The Morgan fingerprint density at radius 1 is 1.12 bits per heavy atom. The summed E-state index contributed by atoms with van der Waals surface area (Å²) in [5, 5.41) is 0.830. The van der Waals surface area contributed by atoms with E-state index in [1.807, 2.05) is 24.3 Å². The first-order chi connectivity index (χ1) is 11.6. The van der Waals surface area contributed by atoms with Gasteiger partial charge in [-0.15, -0.1) is 0 Å². The molecule has 3 aromatic rings. The molecule has 24 heavy (non-hydrogen) atoms. The van der Waals surface area contributed by atoms with E-state index in [1.54, 1.807) is 12.1 Å². The first-order valence-corrected chi connectivity index (χ1v) is 8.05. The lowest BCUT2D eigenvalue weighted by molar-refractivity contribution is 0.317. The zero-order chi connectivity index (χ0) is 17.1. The Morgan fingerprint density at radius 2 is 1.88 bits per heavy atom. The number of benzene rings is 2. The maximum atomic E-state index is 12.5. The summed E-state index contributed by atoms with van der Waals surface area (Å²) in [6.07, 6.45) is 0.948. The zero-order valence-corrected chi connectivity index (χ0v) is 14.2. The van der Waals surface area contributed by atoms with E-state index in [2.05, 4.69) is 6.92 Å². The average Bonchev–Trinajstić information content (AvgIpc) is 2.59. The highest BCUT2D eigenvalue weighted by atomic mass is 35.5. The van der Waals surface area contributed by atoms with Gasteiger partial charge in [-0.25, -0.2) is 0 Å². The van der Waals surface area contributed by atoms with Crippen molar-refractivity contribution in [3.8, 4) is 22.8 Å². The van der Waals surface area contributed by atoms with Crippen LogP contribution in [0.3, 0.4) is 0 Å². The van der Waals surface area contributed by atoms with Crippen molar-refractivity contribution in [2.24, 2.45) is 0 Å². The molecule has 0 amide bonds. The minimum Gasteiger partial charge on any atom is -0.496 e. The number of fused-ring (bicyclic) bond motifs is 1. The maximum Gasteiger partial charge on any atom is 0.197 e. The summed E-state index contributed by atoms with van der Waals surface area (Å²) >= 11 is 6.06. The van der Waals surface area contributed by atoms with Gasteiger partial charge in [0.25, 0.3) is 0 Å². The van der Waals surface area contributed by atoms with Gasteiger partial charge in [-0.1, -0.05) is 18.5 Å². The van der Waals surface area contributed by atoms with E-state index in [4.69, 9.17) is 25.5 Å². The van der Waals surface area contributed by atoms with Crippen molar-refractivity contribution in [3.63, 3.8) is 0 Å². The van der Waals surface area contributed by atoms with Crippen LogP contribution in [0.25, 0.3) is 22.3 Å². The van der Waals surface area contributed by atoms with E-state index in [1.165, 1.54) is 13.2 Å². The van der Waals surface area contributed by atoms with E-state index < -0.39 is 0 Å². The Morgan fingerprint density at radius 3 is 2.54 bits per heavy atom. The topological polar surface area (TPSA) is 48.7 Å². The highest BCUT2D eigenvalue weighted by molar-refractivity contribution is 6.31. The third-order valence-corrected chi connectivity index (χ3v) is 3.81. The number of hydrogen-bond donors (Lipinski definition) is 0. The molecule has 5 heteroatoms. The molecule has 4 nitrogen and oxygen atoms in total. The van der Waals surface area contributed by atoms with E-state index >= 15 is 0 Å². The fourth-order valence-electron chi connectivity index (χ4n) is 2.46. The van der Waals surface area contributed by atoms with Crippen LogP contribution >= 0.6 is 11.6 Å². The SMILES string of the molecule is CCCOc1ccc(-c2cc(=O)c3c(OC)cc(Cl)cc3o2)cc1. The van der Waals surface area contributed by atoms with Crippen molar-refractivity contribution in [3.05, 3.63) is 57.7 Å². The Kier molecular flexibility index (Phi) is 4.76. The largest absolute Gasteiger partial charge is 0.496 e. The van der Waals surface area contributed by atoms with Crippen LogP contribution < -0.4 is 14.9 Å². The van der Waals surface area contributed by atoms with Gasteiger partial charge in [0, 0.05) is 22.7 Å². The smallest absolute Gasteiger partial charge is 0.197 e. The predicted molar refractivity (Wildman–Crippen MR) is 95.3 cm³/mol. The van der Waals surface area contributed by atoms with Crippen molar-refractivity contribution < 1.29 is 13.9 Å². The molecular formula is C19H17ClO4. The number of methoxy groups -OCH3 is 1. The summed E-state index contributed by atoms with van der Waals surface area (Å²) in [7, 11) is 1.49. The molecule has 0 aliphatic carbocycles. The summed E-state index contributed by atoms with van der Waals surface area (Å²) in [6, 6.07) is 12.1. The van der Waals surface area contributed by atoms with Gasteiger partial charge in [0.1, 0.15) is 28.2 Å². The molecule has 0 saturated heterocycles. The molecule has 0 fully saturated rings. The molecular weight excluding hydrogens is 328 g/mol. The van der Waals surface area contributed by atoms with Crippen LogP contribution in [0.2, 0.25) is 5.02 Å². The van der Waals surface area contributed by atoms with E-state index in [0.29, 0.717) is 34.1 Å². The zero-order valence-electron chi connectivity index (χ0n) is 13.5. The van der Waals surface area contributed by atoms with Gasteiger partial charge in [0.05, 0.1) is 13.7 Å². The van der Waals surface area contributed by atoms with Gasteiger partial charge in [0.2, 0.25) is 0 Å². The molecule has 0 radical (unpaired) electrons. The fraction of sp³-hybridized carbons (Fsp3) is 0.211. The number of ether oxygens (including phenoxy) is 2. The lowest BCUT2D eigenvalue weighted by Gasteiger charge is -2.08. The van der Waals surface area contributed by atoms with E-state index in [9.17, 15) is 4.79 Å². The molecule has 0 unspecified atom stereocenters. The first-order valence-electron chi connectivity index (χ1n) is 7.67. The van der Waals surface area contributed by atoms with Crippen molar-refractivity contribution in [1.29, 1.82) is 0 Å². The molecule has 3 rings (SSSR count). The number of halogens is 1. The Labute approximate surface area is 144 Å². The Hall–Kier alpha value is -2.46. The standard InChI is InChI=1S/C19H17ClO4/c1-3-8-23-14-6-4-12(5-7-14)16-11-15(21)19-17(22-2)9-13(20)10-18(19)24-16/h4-7,9-11H,3,8H2,1-2H3. The van der Waals surface area contributed by atoms with Crippen LogP contribution in [0.4, 0.5) is 0 Å². The van der Waals surface area contributed by atoms with Crippen molar-refractivity contribution in [2.45, 2.75) is 13.3 Å². The van der Waals surface area contributed by atoms with Gasteiger partial charge in [0.15, 0.2) is 5.43 Å². The third-order valence-electron chi connectivity index (χ3n) is 3.59. The van der Waals surface area contributed by atoms with E-state index in [0.717, 1.165) is 17.7 Å². The van der Waals surface area contributed by atoms with Crippen LogP contribution in [-0.4, -0.2) is 13.7 Å². The summed E-state index contributed by atoms with van der Waals surface area (Å²) in [6.45, 7) is 2.72. The summed E-state index contributed by atoms with van der Waals surface area (Å²) < 4.78 is 16.7. The molecule has 0 bridgehead atoms. The molecule has 0 atom stereocenters. The van der Waals surface area contributed by atoms with Crippen molar-refractivity contribution in [2.75, 3.05) is 13.7 Å². The second-order valence-corrected chi connectivity index (χ2v) is 5.77. The van der Waals surface area contributed by atoms with Gasteiger partial charge in [-0.2, -0.15) is 0 Å². The number of hydrogen-bond acceptors (Lipinski definition) is 4. The van der Waals surface area contributed by atoms with Crippen LogP contribution in [0, 0.1) is 0 Å². The second-order valence-electron chi connectivity index (χ2n) is 5.33. The van der Waals surface area contributed by atoms with Gasteiger partial charge < -0.3 is 13.9 Å². The molecule has 1 aromatic heterocycles. The van der Waals surface area contributed by atoms with Crippen LogP contribution in [-0.2, 0) is 0 Å². The maximum absolute atomic E-state index is 12.5. The normalized spacial score (nSPS) is 10.8. The second kappa shape index (κ2) is 6.97. The molecule has 0 N–H and O–H groups in total. The van der Waals surface area contributed by atoms with Gasteiger partial charge in [-0.3, -0.25) is 4.79 Å². The third kappa shape index (κ3) is 3.24. The first kappa shape index (κ1) is 16.4. The highest BCUT2D eigenvalue weighted by Crippen LogP contribution is 2.31. The molecule has 2 aromatic carbocycles. The Balaban J connectivity index is 2.06. The summed E-state index contributed by atoms with van der Waals surface area (Å²) in [5.74, 6) is 1.66. The predicted octanol–water partition coefficient (Wildman–Crippen LogP) is 4.91. The number of rotatable bonds is 5. The molecule has 0 spiro atoms. The quantitative estimate of drug-likeness (QED) is 0.659. The monoisotopic (exact) mass is 344 g/mol. The summed E-state index contributed by atoms with van der Waals surface area (Å²) in [5.41, 5.74) is 1.01. The molecule has 124 valence electrons. The lowest BCUT2D eigenvalue weighted by Crippen LogP contribution is -2.03. The van der Waals surface area contributed by atoms with Crippen molar-refractivity contribution >= 4 is 22.6 Å². The Bertz CT molecular complexity index is 913. The van der Waals surface area contributed by atoms with Crippen LogP contribution in [0.1, 0.15) is 13.3 Å². The highest BCUT2D eigenvalue weighted by Gasteiger charge is 2.13. The van der Waals surface area contributed by atoms with Gasteiger partial charge >= 0.3 is 0 Å². The summed E-state index contributed by atoms with van der Waals surface area (Å²) in [4.78, 5) is 12.5. The minimum absolute atomic E-state index is 0.175. The minimum atomic E-state index is -0.175. The van der Waals surface area contributed by atoms with E-state index in [-0.39, 0.29) is 5.43 Å². The average molecular weight is 345 g/mol. The van der Waals surface area contributed by atoms with Crippen molar-refractivity contribution in [1.82, 2.24) is 0 Å². The fourth-order valence-corrected chi connectivity index (χ4v) is 2.66. The molecule has 0 aliphatic rings. The molecule has 0 saturated carbocycles. The van der Waals surface area contributed by atoms with Crippen LogP contribution in [0.5, 0.6) is 11.5 Å². The lowest BCUT2D eigenvalue weighted by atomic mass is 10.1.